The van der Waals surface area contributed by atoms with Crippen molar-refractivity contribution in [2.45, 2.75) is 19.8 Å². The summed E-state index contributed by atoms with van der Waals surface area (Å²) in [6, 6.07) is 7.53. The van der Waals surface area contributed by atoms with Crippen molar-refractivity contribution in [2.24, 2.45) is 5.92 Å². The smallest absolute Gasteiger partial charge is 0.159 e. The molecule has 0 amide bonds. The van der Waals surface area contributed by atoms with E-state index in [-0.39, 0.29) is 5.78 Å². The Morgan fingerprint density at radius 1 is 1.55 bits per heavy atom. The molecule has 0 aromatic heterocycles. The van der Waals surface area contributed by atoms with Crippen molar-refractivity contribution in [3.63, 3.8) is 0 Å². The number of benzene rings is 1. The first-order chi connectivity index (χ1) is 9.65. The normalized spacial score (nSPS) is 18.6. The Hall–Kier alpha value is -1.86. The summed E-state index contributed by atoms with van der Waals surface area (Å²) in [6.45, 7) is 4.10. The largest absolute Gasteiger partial charge is 0.384 e. The average Bonchev–Trinajstić information content (AvgIpc) is 2.47. The summed E-state index contributed by atoms with van der Waals surface area (Å²) in [4.78, 5) is 13.7. The topological polar surface area (TPSA) is 53.3 Å². The predicted octanol–water partition coefficient (Wildman–Crippen LogP) is 2.62. The van der Waals surface area contributed by atoms with E-state index in [2.05, 4.69) is 11.0 Å². The summed E-state index contributed by atoms with van der Waals surface area (Å²) in [5.74, 6) is 0.516. The highest BCUT2D eigenvalue weighted by Crippen LogP contribution is 2.27. The molecule has 2 rings (SSSR count). The van der Waals surface area contributed by atoms with E-state index >= 15 is 0 Å². The minimum Gasteiger partial charge on any atom is -0.384 e. The van der Waals surface area contributed by atoms with Crippen LogP contribution in [0.4, 0.5) is 5.69 Å². The van der Waals surface area contributed by atoms with Gasteiger partial charge in [0.15, 0.2) is 5.78 Å². The lowest BCUT2D eigenvalue weighted by Gasteiger charge is -2.34. The molecular weight excluding hydrogens is 252 g/mol. The van der Waals surface area contributed by atoms with Crippen molar-refractivity contribution in [2.75, 3.05) is 31.7 Å². The van der Waals surface area contributed by atoms with Crippen LogP contribution in [0.1, 0.15) is 35.7 Å². The number of carbonyl (C=O) groups is 1. The van der Waals surface area contributed by atoms with Gasteiger partial charge in [-0.3, -0.25) is 4.79 Å². The third-order valence-corrected chi connectivity index (χ3v) is 3.79. The molecule has 20 heavy (non-hydrogen) atoms. The second-order valence-electron chi connectivity index (χ2n) is 5.31. The Bertz CT molecular complexity index is 532. The number of rotatable bonds is 4. The van der Waals surface area contributed by atoms with Crippen molar-refractivity contribution in [3.05, 3.63) is 29.3 Å². The van der Waals surface area contributed by atoms with Gasteiger partial charge in [-0.15, -0.1) is 0 Å². The number of nitrogens with zero attached hydrogens (tertiary/aromatic N) is 2. The van der Waals surface area contributed by atoms with Gasteiger partial charge in [0.25, 0.3) is 0 Å². The Kier molecular flexibility index (Phi) is 4.75. The van der Waals surface area contributed by atoms with Crippen LogP contribution in [0.5, 0.6) is 0 Å². The Morgan fingerprint density at radius 2 is 2.35 bits per heavy atom. The maximum atomic E-state index is 11.5. The van der Waals surface area contributed by atoms with Crippen LogP contribution in [0.25, 0.3) is 0 Å². The van der Waals surface area contributed by atoms with E-state index in [1.807, 2.05) is 6.07 Å². The van der Waals surface area contributed by atoms with Crippen molar-refractivity contribution >= 4 is 11.5 Å². The lowest BCUT2D eigenvalue weighted by Crippen LogP contribution is -2.37. The van der Waals surface area contributed by atoms with Crippen LogP contribution in [0.3, 0.4) is 0 Å². The van der Waals surface area contributed by atoms with E-state index in [0.29, 0.717) is 17.0 Å². The number of anilines is 1. The first kappa shape index (κ1) is 14.5. The highest BCUT2D eigenvalue weighted by atomic mass is 16.5. The number of ether oxygens (including phenoxy) is 1. The maximum Gasteiger partial charge on any atom is 0.159 e. The van der Waals surface area contributed by atoms with Gasteiger partial charge in [-0.05, 0) is 43.9 Å². The summed E-state index contributed by atoms with van der Waals surface area (Å²) in [7, 11) is 1.72. The van der Waals surface area contributed by atoms with E-state index < -0.39 is 0 Å². The molecule has 1 atom stereocenters. The van der Waals surface area contributed by atoms with Crippen LogP contribution in [0.15, 0.2) is 18.2 Å². The van der Waals surface area contributed by atoms with Crippen LogP contribution < -0.4 is 4.90 Å². The molecule has 1 unspecified atom stereocenters. The third kappa shape index (κ3) is 3.17. The zero-order chi connectivity index (χ0) is 14.5. The fraction of sp³-hybridized carbons (Fsp3) is 0.500. The summed E-state index contributed by atoms with van der Waals surface area (Å²) in [5, 5.41) is 9.26. The van der Waals surface area contributed by atoms with Crippen LogP contribution in [0, 0.1) is 17.2 Å². The van der Waals surface area contributed by atoms with Crippen LogP contribution in [-0.4, -0.2) is 32.6 Å². The second kappa shape index (κ2) is 6.53. The fourth-order valence-electron chi connectivity index (χ4n) is 2.76. The molecule has 1 aliphatic heterocycles. The van der Waals surface area contributed by atoms with Gasteiger partial charge in [-0.25, -0.2) is 0 Å². The van der Waals surface area contributed by atoms with Gasteiger partial charge in [0, 0.05) is 25.8 Å². The summed E-state index contributed by atoms with van der Waals surface area (Å²) in [6.07, 6.45) is 2.24. The molecule has 1 aromatic carbocycles. The molecule has 1 aromatic rings. The Labute approximate surface area is 120 Å². The van der Waals surface area contributed by atoms with Gasteiger partial charge >= 0.3 is 0 Å². The van der Waals surface area contributed by atoms with Gasteiger partial charge in [0.05, 0.1) is 17.9 Å². The summed E-state index contributed by atoms with van der Waals surface area (Å²) in [5.41, 5.74) is 2.17. The molecule has 0 saturated carbocycles. The van der Waals surface area contributed by atoms with Crippen LogP contribution in [-0.2, 0) is 4.74 Å². The first-order valence-corrected chi connectivity index (χ1v) is 6.94. The van der Waals surface area contributed by atoms with Gasteiger partial charge in [0.1, 0.15) is 6.07 Å². The standard InChI is InChI=1S/C16H20N2O2/c1-12(19)14-5-6-15(9-17)16(8-14)18-7-3-4-13(10-18)11-20-2/h5-6,8,13H,3-4,7,10-11H2,1-2H3. The van der Waals surface area contributed by atoms with E-state index in [4.69, 9.17) is 4.74 Å². The number of hydrogen-bond donors (Lipinski definition) is 0. The molecule has 106 valence electrons. The zero-order valence-corrected chi connectivity index (χ0v) is 12.1. The minimum absolute atomic E-state index is 0.0289. The quantitative estimate of drug-likeness (QED) is 0.791. The van der Waals surface area contributed by atoms with Crippen molar-refractivity contribution in [1.29, 1.82) is 5.26 Å². The first-order valence-electron chi connectivity index (χ1n) is 6.94. The number of carbonyl (C=O) groups excluding carboxylic acids is 1. The predicted molar refractivity (Wildman–Crippen MR) is 78.0 cm³/mol. The van der Waals surface area contributed by atoms with E-state index in [1.54, 1.807) is 26.2 Å². The maximum absolute atomic E-state index is 11.5. The van der Waals surface area contributed by atoms with Crippen molar-refractivity contribution < 1.29 is 9.53 Å². The molecule has 4 nitrogen and oxygen atoms in total. The Balaban J connectivity index is 2.28. The number of Topliss-reactive ketones (excluding diaryl/α,β-unsaturated/α-hetero) is 1. The highest BCUT2D eigenvalue weighted by molar-refractivity contribution is 5.95. The van der Waals surface area contributed by atoms with Gasteiger partial charge < -0.3 is 9.64 Å². The summed E-state index contributed by atoms with van der Waals surface area (Å²) >= 11 is 0. The molecule has 1 fully saturated rings. The zero-order valence-electron chi connectivity index (χ0n) is 12.1. The number of piperidine rings is 1. The molecule has 0 spiro atoms. The molecule has 0 N–H and O–H groups in total. The molecule has 1 aliphatic rings. The lowest BCUT2D eigenvalue weighted by atomic mass is 9.97. The molecule has 1 heterocycles. The number of hydrogen-bond acceptors (Lipinski definition) is 4. The number of methoxy groups -OCH3 is 1. The molecule has 0 bridgehead atoms. The molecule has 1 saturated heterocycles. The molecular formula is C16H20N2O2. The van der Waals surface area contributed by atoms with Crippen LogP contribution in [0.2, 0.25) is 0 Å². The monoisotopic (exact) mass is 272 g/mol. The molecule has 0 aliphatic carbocycles. The second-order valence-corrected chi connectivity index (χ2v) is 5.31. The Morgan fingerprint density at radius 3 is 3.00 bits per heavy atom. The van der Waals surface area contributed by atoms with Crippen LogP contribution >= 0.6 is 0 Å². The third-order valence-electron chi connectivity index (χ3n) is 3.79. The number of ketones is 1. The van der Waals surface area contributed by atoms with Crippen molar-refractivity contribution in [3.8, 4) is 6.07 Å². The average molecular weight is 272 g/mol. The van der Waals surface area contributed by atoms with Gasteiger partial charge in [0.2, 0.25) is 0 Å². The van der Waals surface area contributed by atoms with E-state index in [9.17, 15) is 10.1 Å². The van der Waals surface area contributed by atoms with Crippen molar-refractivity contribution in [1.82, 2.24) is 0 Å². The molecule has 4 heteroatoms. The van der Waals surface area contributed by atoms with E-state index in [1.165, 1.54) is 0 Å². The fourth-order valence-corrected chi connectivity index (χ4v) is 2.76. The highest BCUT2D eigenvalue weighted by Gasteiger charge is 2.22. The SMILES string of the molecule is COCC1CCCN(c2cc(C(C)=O)ccc2C#N)C1. The lowest BCUT2D eigenvalue weighted by molar-refractivity contribution is 0.101. The van der Waals surface area contributed by atoms with E-state index in [0.717, 1.165) is 38.2 Å². The minimum atomic E-state index is 0.0289. The van der Waals surface area contributed by atoms with Gasteiger partial charge in [-0.2, -0.15) is 5.26 Å². The molecule has 0 radical (unpaired) electrons. The van der Waals surface area contributed by atoms with Gasteiger partial charge in [-0.1, -0.05) is 0 Å². The number of nitriles is 1. The summed E-state index contributed by atoms with van der Waals surface area (Å²) < 4.78 is 5.24.